The minimum Gasteiger partial charge on any atom is -0.361 e. The van der Waals surface area contributed by atoms with Gasteiger partial charge in [-0.1, -0.05) is 60.4 Å². The van der Waals surface area contributed by atoms with Gasteiger partial charge in [0.1, 0.15) is 13.2 Å². The molecule has 2 nitrogen and oxygen atoms in total. The van der Waals surface area contributed by atoms with Crippen LogP contribution in [0.5, 0.6) is 0 Å². The van der Waals surface area contributed by atoms with Gasteiger partial charge in [0, 0.05) is 12.0 Å². The zero-order chi connectivity index (χ0) is 14.0. The molecule has 0 unspecified atom stereocenters. The van der Waals surface area contributed by atoms with Gasteiger partial charge >= 0.3 is 0 Å². The van der Waals surface area contributed by atoms with Gasteiger partial charge in [-0.25, -0.2) is 0 Å². The molecule has 20 heavy (non-hydrogen) atoms. The van der Waals surface area contributed by atoms with E-state index in [0.29, 0.717) is 6.42 Å². The van der Waals surface area contributed by atoms with Crippen molar-refractivity contribution in [3.63, 3.8) is 0 Å². The van der Waals surface area contributed by atoms with Crippen molar-refractivity contribution in [1.82, 2.24) is 0 Å². The number of hydrogen-bond donors (Lipinski definition) is 0. The summed E-state index contributed by atoms with van der Waals surface area (Å²) in [7, 11) is 0. The van der Waals surface area contributed by atoms with Gasteiger partial charge in [0.25, 0.3) is 0 Å². The zero-order valence-electron chi connectivity index (χ0n) is 11.2. The van der Waals surface area contributed by atoms with Crippen LogP contribution >= 0.6 is 0 Å². The molecule has 0 spiro atoms. The van der Waals surface area contributed by atoms with Gasteiger partial charge in [-0.05, 0) is 17.7 Å². The molecular formula is C18H16O2. The maximum Gasteiger partial charge on any atom is 0.162 e. The maximum atomic E-state index is 11.7. The van der Waals surface area contributed by atoms with Crippen LogP contribution in [0, 0.1) is 11.8 Å². The molecule has 0 bridgehead atoms. The lowest BCUT2D eigenvalue weighted by Crippen LogP contribution is -2.11. The summed E-state index contributed by atoms with van der Waals surface area (Å²) in [4.78, 5) is 11.7. The number of rotatable bonds is 5. The molecule has 2 aromatic carbocycles. The average Bonchev–Trinajstić information content (AvgIpc) is 2.49. The van der Waals surface area contributed by atoms with E-state index in [0.717, 1.165) is 11.1 Å². The Balaban J connectivity index is 1.69. The number of ketones is 1. The molecule has 0 atom stereocenters. The van der Waals surface area contributed by atoms with Gasteiger partial charge in [-0.15, -0.1) is 0 Å². The monoisotopic (exact) mass is 264 g/mol. The fraction of sp³-hybridized carbons (Fsp3) is 0.167. The summed E-state index contributed by atoms with van der Waals surface area (Å²) in [6.07, 6.45) is 0.410. The van der Waals surface area contributed by atoms with Crippen molar-refractivity contribution in [1.29, 1.82) is 0 Å². The third-order valence-electron chi connectivity index (χ3n) is 2.69. The first-order valence-corrected chi connectivity index (χ1v) is 6.52. The molecule has 0 N–H and O–H groups in total. The van der Waals surface area contributed by atoms with Crippen molar-refractivity contribution in [2.24, 2.45) is 0 Å². The van der Waals surface area contributed by atoms with Crippen molar-refractivity contribution < 1.29 is 9.53 Å². The van der Waals surface area contributed by atoms with Crippen LogP contribution in [0.2, 0.25) is 0 Å². The summed E-state index contributed by atoms with van der Waals surface area (Å²) in [5.41, 5.74) is 1.96. The van der Waals surface area contributed by atoms with Gasteiger partial charge < -0.3 is 4.74 Å². The standard InChI is InChI=1S/C18H16O2/c19-18(14-17-10-5-2-6-11-17)15-20-13-7-12-16-8-3-1-4-9-16/h1-6,8-11H,13-15H2. The van der Waals surface area contributed by atoms with E-state index in [-0.39, 0.29) is 19.0 Å². The van der Waals surface area contributed by atoms with Crippen LogP contribution in [0.15, 0.2) is 60.7 Å². The molecule has 2 heteroatoms. The summed E-state index contributed by atoms with van der Waals surface area (Å²) in [6, 6.07) is 19.4. The van der Waals surface area contributed by atoms with Gasteiger partial charge in [-0.3, -0.25) is 4.79 Å². The van der Waals surface area contributed by atoms with Crippen LogP contribution in [0.1, 0.15) is 11.1 Å². The highest BCUT2D eigenvalue weighted by Gasteiger charge is 2.02. The Kier molecular flexibility index (Phi) is 5.57. The van der Waals surface area contributed by atoms with Gasteiger partial charge in [-0.2, -0.15) is 0 Å². The molecule has 0 aliphatic heterocycles. The molecular weight excluding hydrogens is 248 g/mol. The van der Waals surface area contributed by atoms with E-state index >= 15 is 0 Å². The molecule has 0 aromatic heterocycles. The second-order valence-corrected chi connectivity index (χ2v) is 4.36. The van der Waals surface area contributed by atoms with Crippen LogP contribution < -0.4 is 0 Å². The molecule has 100 valence electrons. The molecule has 0 saturated heterocycles. The molecule has 0 aliphatic rings. The number of carbonyl (C=O) groups excluding carboxylic acids is 1. The van der Waals surface area contributed by atoms with Crippen LogP contribution in [-0.4, -0.2) is 19.0 Å². The predicted molar refractivity (Wildman–Crippen MR) is 79.3 cm³/mol. The summed E-state index contributed by atoms with van der Waals surface area (Å²) < 4.78 is 5.27. The van der Waals surface area contributed by atoms with E-state index in [1.54, 1.807) is 0 Å². The summed E-state index contributed by atoms with van der Waals surface area (Å²) in [5.74, 6) is 5.95. The lowest BCUT2D eigenvalue weighted by atomic mass is 10.1. The van der Waals surface area contributed by atoms with Gasteiger partial charge in [0.15, 0.2) is 5.78 Å². The second kappa shape index (κ2) is 7.93. The first kappa shape index (κ1) is 14.0. The number of carbonyl (C=O) groups is 1. The quantitative estimate of drug-likeness (QED) is 0.613. The first-order chi connectivity index (χ1) is 9.84. The zero-order valence-corrected chi connectivity index (χ0v) is 11.2. The lowest BCUT2D eigenvalue weighted by Gasteiger charge is -2.00. The lowest BCUT2D eigenvalue weighted by molar-refractivity contribution is -0.122. The number of Topliss-reactive ketones (excluding diaryl/α,β-unsaturated/α-hetero) is 1. The predicted octanol–water partition coefficient (Wildman–Crippen LogP) is 2.87. The average molecular weight is 264 g/mol. The minimum absolute atomic E-state index is 0.0673. The fourth-order valence-corrected chi connectivity index (χ4v) is 1.75. The summed E-state index contributed by atoms with van der Waals surface area (Å²) in [5, 5.41) is 0. The van der Waals surface area contributed by atoms with E-state index in [4.69, 9.17) is 4.74 Å². The van der Waals surface area contributed by atoms with E-state index in [1.807, 2.05) is 60.7 Å². The van der Waals surface area contributed by atoms with E-state index in [9.17, 15) is 4.79 Å². The van der Waals surface area contributed by atoms with Crippen molar-refractivity contribution in [2.45, 2.75) is 6.42 Å². The van der Waals surface area contributed by atoms with E-state index in [2.05, 4.69) is 11.8 Å². The van der Waals surface area contributed by atoms with Gasteiger partial charge in [0.2, 0.25) is 0 Å². The Hall–Kier alpha value is -2.37. The van der Waals surface area contributed by atoms with Crippen LogP contribution in [-0.2, 0) is 16.0 Å². The number of benzene rings is 2. The second-order valence-electron chi connectivity index (χ2n) is 4.36. The van der Waals surface area contributed by atoms with Crippen LogP contribution in [0.4, 0.5) is 0 Å². The largest absolute Gasteiger partial charge is 0.361 e. The minimum atomic E-state index is 0.0673. The third-order valence-corrected chi connectivity index (χ3v) is 2.69. The molecule has 0 aliphatic carbocycles. The van der Waals surface area contributed by atoms with Crippen molar-refractivity contribution in [2.75, 3.05) is 13.2 Å². The molecule has 0 fully saturated rings. The summed E-state index contributed by atoms with van der Waals surface area (Å²) in [6.45, 7) is 0.383. The van der Waals surface area contributed by atoms with Gasteiger partial charge in [0.05, 0.1) is 0 Å². The number of ether oxygens (including phenoxy) is 1. The van der Waals surface area contributed by atoms with E-state index < -0.39 is 0 Å². The number of hydrogen-bond acceptors (Lipinski definition) is 2. The molecule has 2 rings (SSSR count). The highest BCUT2D eigenvalue weighted by Crippen LogP contribution is 2.00. The highest BCUT2D eigenvalue weighted by molar-refractivity contribution is 5.82. The fourth-order valence-electron chi connectivity index (χ4n) is 1.75. The Morgan fingerprint density at radius 1 is 0.950 bits per heavy atom. The molecule has 2 aromatic rings. The van der Waals surface area contributed by atoms with Crippen molar-refractivity contribution >= 4 is 5.78 Å². The maximum absolute atomic E-state index is 11.7. The molecule has 0 amide bonds. The van der Waals surface area contributed by atoms with Crippen molar-refractivity contribution in [3.8, 4) is 11.8 Å². The summed E-state index contributed by atoms with van der Waals surface area (Å²) >= 11 is 0. The first-order valence-electron chi connectivity index (χ1n) is 6.52. The SMILES string of the molecule is O=C(COCC#Cc1ccccc1)Cc1ccccc1. The Morgan fingerprint density at radius 2 is 1.60 bits per heavy atom. The van der Waals surface area contributed by atoms with Crippen LogP contribution in [0.25, 0.3) is 0 Å². The Morgan fingerprint density at radius 3 is 2.30 bits per heavy atom. The molecule has 0 heterocycles. The van der Waals surface area contributed by atoms with Crippen LogP contribution in [0.3, 0.4) is 0 Å². The third kappa shape index (κ3) is 5.09. The smallest absolute Gasteiger partial charge is 0.162 e. The Bertz CT molecular complexity index is 592. The van der Waals surface area contributed by atoms with E-state index in [1.165, 1.54) is 0 Å². The van der Waals surface area contributed by atoms with Crippen molar-refractivity contribution in [3.05, 3.63) is 71.8 Å². The highest BCUT2D eigenvalue weighted by atomic mass is 16.5. The Labute approximate surface area is 119 Å². The molecule has 0 saturated carbocycles. The normalized spacial score (nSPS) is 9.60. The topological polar surface area (TPSA) is 26.3 Å². The molecule has 0 radical (unpaired) electrons.